The van der Waals surface area contributed by atoms with Gasteiger partial charge in [0.25, 0.3) is 0 Å². The van der Waals surface area contributed by atoms with Crippen LogP contribution in [0.4, 0.5) is 4.39 Å². The summed E-state index contributed by atoms with van der Waals surface area (Å²) in [7, 11) is 0. The highest BCUT2D eigenvalue weighted by atomic mass is 19.1. The smallest absolute Gasteiger partial charge is 0.182 e. The molecule has 0 aliphatic carbocycles. The predicted molar refractivity (Wildman–Crippen MR) is 125 cm³/mol. The first kappa shape index (κ1) is 20.8. The Balaban J connectivity index is 1.89. The minimum absolute atomic E-state index is 0.0617. The molecule has 5 aromatic rings. The number of benzene rings is 2. The van der Waals surface area contributed by atoms with Crippen LogP contribution in [-0.4, -0.2) is 36.6 Å². The van der Waals surface area contributed by atoms with Gasteiger partial charge in [-0.25, -0.2) is 9.37 Å². The van der Waals surface area contributed by atoms with E-state index in [1.165, 1.54) is 12.1 Å². The van der Waals surface area contributed by atoms with Crippen molar-refractivity contribution < 1.29 is 14.6 Å². The van der Waals surface area contributed by atoms with Crippen molar-refractivity contribution in [2.45, 2.75) is 13.0 Å². The number of aromatic nitrogens is 4. The summed E-state index contributed by atoms with van der Waals surface area (Å²) in [6, 6.07) is 17.1. The molecule has 0 aliphatic rings. The standard InChI is InChI=1S/C26H21FN4O2/c27-20-7-5-18(6-8-20)25-24(17-9-11-28-12-10-17)23(19-3-1-4-21(33)15-19)22-16-31(13-2-14-32)30-26(22)29-25/h1,3-12,15-16,32-33H,2,13-14H2. The van der Waals surface area contributed by atoms with Gasteiger partial charge in [-0.05, 0) is 66.1 Å². The van der Waals surface area contributed by atoms with Crippen molar-refractivity contribution >= 4 is 11.0 Å². The predicted octanol–water partition coefficient (Wildman–Crippen LogP) is 5.05. The van der Waals surface area contributed by atoms with Crippen LogP contribution in [0.25, 0.3) is 44.5 Å². The molecule has 7 heteroatoms. The van der Waals surface area contributed by atoms with E-state index in [9.17, 15) is 14.6 Å². The van der Waals surface area contributed by atoms with Gasteiger partial charge in [0.15, 0.2) is 5.65 Å². The fraction of sp³-hybridized carbons (Fsp3) is 0.115. The number of pyridine rings is 2. The Hall–Kier alpha value is -4.10. The zero-order chi connectivity index (χ0) is 22.8. The molecule has 0 saturated carbocycles. The number of aliphatic hydroxyl groups excluding tert-OH is 1. The van der Waals surface area contributed by atoms with Gasteiger partial charge in [0, 0.05) is 53.8 Å². The van der Waals surface area contributed by atoms with Gasteiger partial charge in [0.2, 0.25) is 0 Å². The van der Waals surface area contributed by atoms with Crippen LogP contribution in [-0.2, 0) is 6.54 Å². The van der Waals surface area contributed by atoms with Crippen molar-refractivity contribution in [3.05, 3.63) is 85.1 Å². The zero-order valence-electron chi connectivity index (χ0n) is 17.7. The summed E-state index contributed by atoms with van der Waals surface area (Å²) in [6.45, 7) is 0.606. The number of phenolic OH excluding ortho intramolecular Hbond substituents is 1. The first-order chi connectivity index (χ1) is 16.1. The van der Waals surface area contributed by atoms with Crippen molar-refractivity contribution in [2.24, 2.45) is 0 Å². The molecule has 0 unspecified atom stereocenters. The summed E-state index contributed by atoms with van der Waals surface area (Å²) in [6.07, 6.45) is 5.91. The third-order valence-electron chi connectivity index (χ3n) is 5.48. The van der Waals surface area contributed by atoms with Gasteiger partial charge >= 0.3 is 0 Å². The number of aryl methyl sites for hydroxylation is 1. The van der Waals surface area contributed by atoms with Crippen LogP contribution >= 0.6 is 0 Å². The molecule has 0 saturated heterocycles. The monoisotopic (exact) mass is 440 g/mol. The van der Waals surface area contributed by atoms with E-state index in [0.717, 1.165) is 33.2 Å². The van der Waals surface area contributed by atoms with Crippen LogP contribution < -0.4 is 0 Å². The molecule has 2 N–H and O–H groups in total. The minimum Gasteiger partial charge on any atom is -0.508 e. The van der Waals surface area contributed by atoms with Gasteiger partial charge in [-0.2, -0.15) is 5.10 Å². The summed E-state index contributed by atoms with van der Waals surface area (Å²) in [5.74, 6) is -0.180. The number of hydrogen-bond acceptors (Lipinski definition) is 5. The third kappa shape index (κ3) is 4.06. The van der Waals surface area contributed by atoms with Gasteiger partial charge in [0.05, 0.1) is 5.69 Å². The maximum absolute atomic E-state index is 13.7. The van der Waals surface area contributed by atoms with E-state index in [2.05, 4.69) is 10.1 Å². The summed E-state index contributed by atoms with van der Waals surface area (Å²) in [5.41, 5.74) is 5.32. The van der Waals surface area contributed by atoms with Crippen molar-refractivity contribution in [1.82, 2.24) is 19.7 Å². The summed E-state index contributed by atoms with van der Waals surface area (Å²) >= 11 is 0. The van der Waals surface area contributed by atoms with Crippen molar-refractivity contribution in [3.8, 4) is 39.3 Å². The second kappa shape index (κ2) is 8.80. The van der Waals surface area contributed by atoms with Crippen LogP contribution in [0.5, 0.6) is 5.75 Å². The molecule has 6 nitrogen and oxygen atoms in total. The highest BCUT2D eigenvalue weighted by Crippen LogP contribution is 2.43. The Labute approximate surface area is 189 Å². The molecule has 33 heavy (non-hydrogen) atoms. The van der Waals surface area contributed by atoms with Gasteiger partial charge in [0.1, 0.15) is 11.6 Å². The maximum Gasteiger partial charge on any atom is 0.182 e. The molecule has 0 spiro atoms. The molecule has 3 aromatic heterocycles. The Kier molecular flexibility index (Phi) is 5.54. The number of nitrogens with zero attached hydrogens (tertiary/aromatic N) is 4. The Morgan fingerprint density at radius 1 is 0.879 bits per heavy atom. The molecule has 0 bridgehead atoms. The largest absolute Gasteiger partial charge is 0.508 e. The number of rotatable bonds is 6. The normalized spacial score (nSPS) is 11.2. The molecule has 0 fully saturated rings. The van der Waals surface area contributed by atoms with E-state index in [1.54, 1.807) is 47.4 Å². The Bertz CT molecular complexity index is 1420. The molecule has 5 rings (SSSR count). The van der Waals surface area contributed by atoms with Crippen molar-refractivity contribution in [1.29, 1.82) is 0 Å². The topological polar surface area (TPSA) is 84.1 Å². The molecule has 3 heterocycles. The number of phenols is 1. The van der Waals surface area contributed by atoms with E-state index >= 15 is 0 Å². The van der Waals surface area contributed by atoms with Gasteiger partial charge < -0.3 is 10.2 Å². The maximum atomic E-state index is 13.7. The lowest BCUT2D eigenvalue weighted by atomic mass is 9.89. The summed E-state index contributed by atoms with van der Waals surface area (Å²) in [5, 5.41) is 24.9. The molecular weight excluding hydrogens is 419 g/mol. The average Bonchev–Trinajstić information content (AvgIpc) is 3.25. The van der Waals surface area contributed by atoms with E-state index in [-0.39, 0.29) is 18.2 Å². The van der Waals surface area contributed by atoms with E-state index < -0.39 is 0 Å². The molecule has 0 aliphatic heterocycles. The molecular formula is C26H21FN4O2. The van der Waals surface area contributed by atoms with Crippen LogP contribution in [0.2, 0.25) is 0 Å². The lowest BCUT2D eigenvalue weighted by molar-refractivity contribution is 0.277. The molecule has 2 aromatic carbocycles. The average molecular weight is 440 g/mol. The second-order valence-corrected chi connectivity index (χ2v) is 7.71. The van der Waals surface area contributed by atoms with E-state index in [0.29, 0.717) is 24.3 Å². The zero-order valence-corrected chi connectivity index (χ0v) is 17.7. The van der Waals surface area contributed by atoms with E-state index in [4.69, 9.17) is 4.98 Å². The fourth-order valence-electron chi connectivity index (χ4n) is 4.01. The number of aliphatic hydroxyl groups is 1. The third-order valence-corrected chi connectivity index (χ3v) is 5.48. The van der Waals surface area contributed by atoms with Crippen molar-refractivity contribution in [3.63, 3.8) is 0 Å². The molecule has 0 atom stereocenters. The van der Waals surface area contributed by atoms with Crippen LogP contribution in [0.15, 0.2) is 79.3 Å². The molecule has 0 amide bonds. The van der Waals surface area contributed by atoms with Crippen LogP contribution in [0, 0.1) is 5.82 Å². The minimum atomic E-state index is -0.327. The second-order valence-electron chi connectivity index (χ2n) is 7.71. The lowest BCUT2D eigenvalue weighted by Crippen LogP contribution is -2.00. The lowest BCUT2D eigenvalue weighted by Gasteiger charge is -2.16. The highest BCUT2D eigenvalue weighted by molar-refractivity contribution is 6.06. The van der Waals surface area contributed by atoms with Crippen LogP contribution in [0.1, 0.15) is 6.42 Å². The number of aromatic hydroxyl groups is 1. The number of hydrogen-bond donors (Lipinski definition) is 2. The molecule has 164 valence electrons. The number of halogens is 1. The first-order valence-electron chi connectivity index (χ1n) is 10.6. The van der Waals surface area contributed by atoms with Crippen LogP contribution in [0.3, 0.4) is 0 Å². The van der Waals surface area contributed by atoms with Gasteiger partial charge in [-0.15, -0.1) is 0 Å². The Morgan fingerprint density at radius 3 is 2.39 bits per heavy atom. The summed E-state index contributed by atoms with van der Waals surface area (Å²) < 4.78 is 15.5. The number of fused-ring (bicyclic) bond motifs is 1. The van der Waals surface area contributed by atoms with Gasteiger partial charge in [-0.1, -0.05) is 12.1 Å². The quantitative estimate of drug-likeness (QED) is 0.386. The Morgan fingerprint density at radius 2 is 1.67 bits per heavy atom. The first-order valence-corrected chi connectivity index (χ1v) is 10.6. The SMILES string of the molecule is OCCCn1cc2c(-c3cccc(O)c3)c(-c3ccncc3)c(-c3ccc(F)cc3)nc2n1. The highest BCUT2D eigenvalue weighted by Gasteiger charge is 2.22. The summed E-state index contributed by atoms with van der Waals surface area (Å²) in [4.78, 5) is 9.04. The van der Waals surface area contributed by atoms with Gasteiger partial charge in [-0.3, -0.25) is 9.67 Å². The fourth-order valence-corrected chi connectivity index (χ4v) is 4.01. The van der Waals surface area contributed by atoms with Crippen molar-refractivity contribution in [2.75, 3.05) is 6.61 Å². The molecule has 0 radical (unpaired) electrons. The van der Waals surface area contributed by atoms with E-state index in [1.807, 2.05) is 24.4 Å².